The van der Waals surface area contributed by atoms with Gasteiger partial charge in [0.2, 0.25) is 5.91 Å². The van der Waals surface area contributed by atoms with E-state index in [1.807, 2.05) is 6.92 Å². The Hall–Kier alpha value is -0.230. The van der Waals surface area contributed by atoms with Crippen molar-refractivity contribution in [1.82, 2.24) is 4.90 Å². The number of aliphatic carboxylic acids is 1. The van der Waals surface area contributed by atoms with Crippen molar-refractivity contribution in [2.24, 2.45) is 0 Å². The van der Waals surface area contributed by atoms with Crippen molar-refractivity contribution in [3.05, 3.63) is 0 Å². The topological polar surface area (TPSA) is 57.6 Å². The molecular weight excluding hydrogens is 270 g/mol. The van der Waals surface area contributed by atoms with Crippen LogP contribution in [-0.4, -0.2) is 43.4 Å². The Morgan fingerprint density at radius 1 is 1.86 bits per heavy atom. The van der Waals surface area contributed by atoms with Crippen LogP contribution in [0.1, 0.15) is 13.3 Å². The van der Waals surface area contributed by atoms with E-state index in [-0.39, 0.29) is 11.3 Å². The molecule has 1 amide bonds. The summed E-state index contributed by atoms with van der Waals surface area (Å²) < 4.78 is -0.400. The third-order valence-corrected chi connectivity index (χ3v) is 5.82. The molecule has 6 heteroatoms. The maximum atomic E-state index is 11.3. The number of rotatable bonds is 2. The summed E-state index contributed by atoms with van der Waals surface area (Å²) in [5, 5.41) is 9.75. The van der Waals surface area contributed by atoms with Crippen molar-refractivity contribution in [1.29, 1.82) is 0 Å². The molecule has 0 spiro atoms. The standard InChI is InChI=1S/C8H10BrNO3S/c1-8(3-9)6(7(12)13)10-4(11)2-5(10)14-8/h5-6H,2-3H2,1H3,(H,12,13)/t5-,6-,8-/m0/s1. The number of fused-ring (bicyclic) bond motifs is 1. The van der Waals surface area contributed by atoms with Crippen LogP contribution in [0.15, 0.2) is 0 Å². The molecule has 2 saturated heterocycles. The Bertz CT molecular complexity index is 311. The van der Waals surface area contributed by atoms with Crippen LogP contribution >= 0.6 is 27.7 Å². The molecule has 2 heterocycles. The van der Waals surface area contributed by atoms with E-state index in [0.29, 0.717) is 11.8 Å². The first-order valence-electron chi connectivity index (χ1n) is 4.27. The second kappa shape index (κ2) is 3.13. The summed E-state index contributed by atoms with van der Waals surface area (Å²) in [6.07, 6.45) is 0.483. The molecule has 3 atom stereocenters. The van der Waals surface area contributed by atoms with Gasteiger partial charge in [0, 0.05) is 5.33 Å². The lowest BCUT2D eigenvalue weighted by molar-refractivity contribution is -0.157. The summed E-state index contributed by atoms with van der Waals surface area (Å²) in [5.41, 5.74) is 0. The molecule has 2 aliphatic heterocycles. The first-order chi connectivity index (χ1) is 6.49. The molecule has 0 aliphatic carbocycles. The fourth-order valence-corrected chi connectivity index (χ4v) is 4.27. The molecule has 2 rings (SSSR count). The number of hydrogen-bond acceptors (Lipinski definition) is 3. The van der Waals surface area contributed by atoms with Crippen LogP contribution < -0.4 is 0 Å². The molecule has 0 unspecified atom stereocenters. The van der Waals surface area contributed by atoms with E-state index in [0.717, 1.165) is 0 Å². The molecule has 0 saturated carbocycles. The van der Waals surface area contributed by atoms with Gasteiger partial charge in [-0.1, -0.05) is 15.9 Å². The van der Waals surface area contributed by atoms with Gasteiger partial charge in [-0.3, -0.25) is 4.79 Å². The molecule has 4 nitrogen and oxygen atoms in total. The SMILES string of the molecule is C[C@@]1(CBr)S[C@H]2CC(=O)N2[C@H]1C(=O)O. The second-order valence-corrected chi connectivity index (χ2v) is 6.04. The Balaban J connectivity index is 2.31. The van der Waals surface area contributed by atoms with Gasteiger partial charge in [-0.25, -0.2) is 4.79 Å². The zero-order valence-corrected chi connectivity index (χ0v) is 9.97. The molecule has 0 aromatic heterocycles. The van der Waals surface area contributed by atoms with E-state index in [1.54, 1.807) is 11.8 Å². The minimum absolute atomic E-state index is 0.0421. The van der Waals surface area contributed by atoms with Crippen molar-refractivity contribution < 1.29 is 14.7 Å². The van der Waals surface area contributed by atoms with Crippen LogP contribution in [0, 0.1) is 0 Å². The number of carboxylic acid groups (broad SMARTS) is 1. The van der Waals surface area contributed by atoms with Crippen molar-refractivity contribution >= 4 is 39.6 Å². The third-order valence-electron chi connectivity index (χ3n) is 2.71. The highest BCUT2D eigenvalue weighted by atomic mass is 79.9. The number of alkyl halides is 1. The van der Waals surface area contributed by atoms with Crippen LogP contribution in [-0.2, 0) is 9.59 Å². The van der Waals surface area contributed by atoms with Crippen molar-refractivity contribution in [2.75, 3.05) is 5.33 Å². The summed E-state index contributed by atoms with van der Waals surface area (Å²) >= 11 is 4.90. The maximum Gasteiger partial charge on any atom is 0.327 e. The summed E-state index contributed by atoms with van der Waals surface area (Å²) in [7, 11) is 0. The zero-order valence-electron chi connectivity index (χ0n) is 7.57. The lowest BCUT2D eigenvalue weighted by Crippen LogP contribution is -2.57. The lowest BCUT2D eigenvalue weighted by atomic mass is 9.98. The van der Waals surface area contributed by atoms with E-state index in [4.69, 9.17) is 5.11 Å². The van der Waals surface area contributed by atoms with Crippen LogP contribution in [0.3, 0.4) is 0 Å². The fourth-order valence-electron chi connectivity index (χ4n) is 1.96. The molecule has 0 radical (unpaired) electrons. The fraction of sp³-hybridized carbons (Fsp3) is 0.750. The normalized spacial score (nSPS) is 40.7. The Morgan fingerprint density at radius 3 is 2.93 bits per heavy atom. The van der Waals surface area contributed by atoms with Crippen LogP contribution in [0.2, 0.25) is 0 Å². The van der Waals surface area contributed by atoms with Crippen molar-refractivity contribution in [2.45, 2.75) is 29.5 Å². The minimum Gasteiger partial charge on any atom is -0.480 e. The van der Waals surface area contributed by atoms with Crippen molar-refractivity contribution in [3.63, 3.8) is 0 Å². The first kappa shape index (κ1) is 10.3. The molecule has 0 bridgehead atoms. The highest BCUT2D eigenvalue weighted by Crippen LogP contribution is 2.51. The van der Waals surface area contributed by atoms with E-state index < -0.39 is 16.8 Å². The number of carbonyl (C=O) groups excluding carboxylic acids is 1. The number of hydrogen-bond donors (Lipinski definition) is 1. The summed E-state index contributed by atoms with van der Waals surface area (Å²) in [6, 6.07) is -0.682. The van der Waals surface area contributed by atoms with Gasteiger partial charge in [0.05, 0.1) is 16.5 Å². The quantitative estimate of drug-likeness (QED) is 0.603. The van der Waals surface area contributed by atoms with Gasteiger partial charge >= 0.3 is 5.97 Å². The zero-order chi connectivity index (χ0) is 10.5. The summed E-state index contributed by atoms with van der Waals surface area (Å²) in [6.45, 7) is 1.89. The molecule has 1 N–H and O–H groups in total. The van der Waals surface area contributed by atoms with Gasteiger partial charge < -0.3 is 10.0 Å². The Kier molecular flexibility index (Phi) is 2.30. The largest absolute Gasteiger partial charge is 0.480 e. The molecule has 14 heavy (non-hydrogen) atoms. The number of thioether (sulfide) groups is 1. The summed E-state index contributed by atoms with van der Waals surface area (Å²) in [4.78, 5) is 23.8. The maximum absolute atomic E-state index is 11.3. The van der Waals surface area contributed by atoms with Gasteiger partial charge in [0.25, 0.3) is 0 Å². The van der Waals surface area contributed by atoms with E-state index in [2.05, 4.69) is 15.9 Å². The monoisotopic (exact) mass is 279 g/mol. The molecule has 2 aliphatic rings. The van der Waals surface area contributed by atoms with Gasteiger partial charge in [0.15, 0.2) is 0 Å². The average Bonchev–Trinajstić information content (AvgIpc) is 2.35. The van der Waals surface area contributed by atoms with Gasteiger partial charge in [0.1, 0.15) is 6.04 Å². The van der Waals surface area contributed by atoms with Crippen LogP contribution in [0.4, 0.5) is 0 Å². The predicted octanol–water partition coefficient (Wildman–Crippen LogP) is 0.898. The highest BCUT2D eigenvalue weighted by Gasteiger charge is 2.60. The van der Waals surface area contributed by atoms with Gasteiger partial charge in [-0.05, 0) is 6.92 Å². The van der Waals surface area contributed by atoms with Crippen LogP contribution in [0.5, 0.6) is 0 Å². The predicted molar refractivity (Wildman–Crippen MR) is 56.5 cm³/mol. The number of carbonyl (C=O) groups is 2. The number of carboxylic acids is 1. The number of amides is 1. The Labute approximate surface area is 94.1 Å². The number of halogens is 1. The average molecular weight is 280 g/mol. The Morgan fingerprint density at radius 2 is 2.50 bits per heavy atom. The smallest absolute Gasteiger partial charge is 0.327 e. The van der Waals surface area contributed by atoms with Gasteiger partial charge in [-0.15, -0.1) is 11.8 Å². The van der Waals surface area contributed by atoms with Crippen molar-refractivity contribution in [3.8, 4) is 0 Å². The second-order valence-electron chi connectivity index (χ2n) is 3.76. The molecule has 0 aromatic rings. The van der Waals surface area contributed by atoms with Gasteiger partial charge in [-0.2, -0.15) is 0 Å². The minimum atomic E-state index is -0.907. The highest BCUT2D eigenvalue weighted by molar-refractivity contribution is 9.09. The lowest BCUT2D eigenvalue weighted by Gasteiger charge is -2.36. The van der Waals surface area contributed by atoms with E-state index >= 15 is 0 Å². The van der Waals surface area contributed by atoms with E-state index in [9.17, 15) is 9.59 Å². The van der Waals surface area contributed by atoms with E-state index in [1.165, 1.54) is 4.90 Å². The molecule has 0 aromatic carbocycles. The molecule has 78 valence electrons. The number of β-lactam (4-membered cyclic amide) rings is 1. The van der Waals surface area contributed by atoms with Crippen LogP contribution in [0.25, 0.3) is 0 Å². The number of nitrogens with zero attached hydrogens (tertiary/aromatic N) is 1. The third kappa shape index (κ3) is 1.20. The molecular formula is C8H10BrNO3S. The molecule has 2 fully saturated rings. The summed E-state index contributed by atoms with van der Waals surface area (Å²) in [5.74, 6) is -0.949. The first-order valence-corrected chi connectivity index (χ1v) is 6.27.